The first-order valence-electron chi connectivity index (χ1n) is 15.0. The van der Waals surface area contributed by atoms with Gasteiger partial charge in [0.15, 0.2) is 0 Å². The van der Waals surface area contributed by atoms with E-state index >= 15 is 0 Å². The molecule has 0 atom stereocenters. The van der Waals surface area contributed by atoms with E-state index in [9.17, 15) is 4.39 Å². The van der Waals surface area contributed by atoms with Crippen molar-refractivity contribution in [3.8, 4) is 5.75 Å². The molecule has 4 aromatic carbocycles. The molecule has 1 heterocycles. The molecule has 0 bridgehead atoms. The van der Waals surface area contributed by atoms with Crippen molar-refractivity contribution >= 4 is 41.1 Å². The summed E-state index contributed by atoms with van der Waals surface area (Å²) >= 11 is -2.00. The molecular formula is C37H44Cl2FN3ORu. The monoisotopic (exact) mass is 737 g/mol. The van der Waals surface area contributed by atoms with Crippen LogP contribution in [0.3, 0.4) is 0 Å². The molecule has 4 nitrogen and oxygen atoms in total. The van der Waals surface area contributed by atoms with Crippen LogP contribution in [-0.4, -0.2) is 29.5 Å². The average Bonchev–Trinajstić information content (AvgIpc) is 3.40. The van der Waals surface area contributed by atoms with Crippen LogP contribution in [0.4, 0.5) is 21.5 Å². The molecule has 5 rings (SSSR count). The number of aliphatic hydroxyl groups is 1. The van der Waals surface area contributed by atoms with Gasteiger partial charge in [-0.05, 0) is 63.8 Å². The third kappa shape index (κ3) is 9.09. The van der Waals surface area contributed by atoms with Crippen molar-refractivity contribution in [3.05, 3.63) is 123 Å². The van der Waals surface area contributed by atoms with E-state index in [1.165, 1.54) is 56.9 Å². The van der Waals surface area contributed by atoms with Gasteiger partial charge in [0.1, 0.15) is 0 Å². The summed E-state index contributed by atoms with van der Waals surface area (Å²) in [5.41, 5.74) is 14.6. The Balaban J connectivity index is 0.000000205. The topological polar surface area (TPSA) is 31.3 Å². The van der Waals surface area contributed by atoms with E-state index in [0.29, 0.717) is 6.54 Å². The fourth-order valence-electron chi connectivity index (χ4n) is 6.17. The van der Waals surface area contributed by atoms with Crippen molar-refractivity contribution in [2.24, 2.45) is 0 Å². The van der Waals surface area contributed by atoms with E-state index in [1.807, 2.05) is 25.1 Å². The average molecular weight is 738 g/mol. The largest absolute Gasteiger partial charge is 0.502 e. The van der Waals surface area contributed by atoms with Gasteiger partial charge in [0.05, 0.1) is 0 Å². The number of aromatic hydroxyl groups is 1. The number of hydrogen-bond acceptors (Lipinski definition) is 3. The van der Waals surface area contributed by atoms with E-state index in [0.717, 1.165) is 41.2 Å². The van der Waals surface area contributed by atoms with E-state index in [2.05, 4.69) is 92.3 Å². The van der Waals surface area contributed by atoms with E-state index < -0.39 is 13.5 Å². The number of hydrogen-bond donors (Lipinski definition) is 1. The number of halogens is 3. The summed E-state index contributed by atoms with van der Waals surface area (Å²) in [6.45, 7) is 20.1. The first kappa shape index (κ1) is 34.9. The van der Waals surface area contributed by atoms with Crippen LogP contribution in [0.2, 0.25) is 0 Å². The zero-order chi connectivity index (χ0) is 32.8. The van der Waals surface area contributed by atoms with E-state index in [4.69, 9.17) is 19.4 Å². The maximum absolute atomic E-state index is 13.4. The Morgan fingerprint density at radius 3 is 1.80 bits per heavy atom. The Hall–Kier alpha value is -2.92. The Bertz CT molecular complexity index is 1590. The van der Waals surface area contributed by atoms with Crippen LogP contribution in [0.25, 0.3) is 0 Å². The van der Waals surface area contributed by atoms with Gasteiger partial charge < -0.3 is 9.80 Å². The van der Waals surface area contributed by atoms with Gasteiger partial charge in [-0.25, -0.2) is 0 Å². The molecule has 1 fully saturated rings. The molecule has 0 spiro atoms. The predicted octanol–water partition coefficient (Wildman–Crippen LogP) is 9.68. The van der Waals surface area contributed by atoms with Gasteiger partial charge in [0.25, 0.3) is 0 Å². The van der Waals surface area contributed by atoms with Crippen molar-refractivity contribution in [3.63, 3.8) is 0 Å². The summed E-state index contributed by atoms with van der Waals surface area (Å²) in [7, 11) is 13.6. The standard InChI is InChI=1S/C21H27N2.C16H16FNO.2ClH.Ru/c1-14-9-16(3)20(17(4)10-14)22-7-8-23(13-22)21-18(5)11-15(2)12-19(21)6;1-11-4-7-16(19-3)15(8-11)18-10-13-5-6-14(17)9-12(13)2;;;/h9-13H,7-8H2,1-6H3;2,4-9,18H,10H2,1,3H3;2*1H;/q-1;;;;+2/p-1. The summed E-state index contributed by atoms with van der Waals surface area (Å²) in [5, 5.41) is 3.35. The van der Waals surface area contributed by atoms with Crippen molar-refractivity contribution in [2.75, 3.05) is 35.3 Å². The first-order chi connectivity index (χ1) is 21.4. The Kier molecular flexibility index (Phi) is 12.1. The summed E-state index contributed by atoms with van der Waals surface area (Å²) in [6, 6.07) is 19.8. The van der Waals surface area contributed by atoms with Crippen molar-refractivity contribution in [1.82, 2.24) is 0 Å². The third-order valence-electron chi connectivity index (χ3n) is 7.86. The van der Waals surface area contributed by atoms with Gasteiger partial charge in [-0.1, -0.05) is 35.4 Å². The number of benzene rings is 4. The van der Waals surface area contributed by atoms with Crippen molar-refractivity contribution < 1.29 is 22.6 Å². The number of nitrogens with one attached hydrogen (secondary N) is 1. The molecule has 4 aromatic rings. The molecule has 0 aromatic heterocycles. The molecule has 45 heavy (non-hydrogen) atoms. The van der Waals surface area contributed by atoms with E-state index in [-0.39, 0.29) is 5.82 Å². The normalized spacial score (nSPS) is 12.9. The number of anilines is 3. The van der Waals surface area contributed by atoms with Gasteiger partial charge in [-0.15, -0.1) is 0 Å². The minimum Gasteiger partial charge on any atom is -0.502 e. The molecule has 0 aliphatic carbocycles. The summed E-state index contributed by atoms with van der Waals surface area (Å²) < 4.78 is 19.4. The molecule has 1 aliphatic heterocycles. The smallest absolute Gasteiger partial charge is 0.0146 e. The molecule has 0 amide bonds. The number of rotatable bonds is 7. The first-order valence-corrected chi connectivity index (χ1v) is 20.4. The van der Waals surface area contributed by atoms with Crippen LogP contribution in [0.5, 0.6) is 5.75 Å². The molecule has 2 N–H and O–H groups in total. The van der Waals surface area contributed by atoms with Crippen LogP contribution in [-0.2, 0) is 20.1 Å². The molecule has 0 saturated carbocycles. The number of ether oxygens (including phenoxy) is 1. The zero-order valence-electron chi connectivity index (χ0n) is 27.4. The van der Waals surface area contributed by atoms with Crippen LogP contribution in [0, 0.1) is 61.0 Å². The summed E-state index contributed by atoms with van der Waals surface area (Å²) in [6.07, 6.45) is 0. The zero-order valence-corrected chi connectivity index (χ0v) is 30.6. The minimum absolute atomic E-state index is 0.293. The predicted molar refractivity (Wildman–Crippen MR) is 190 cm³/mol. The molecule has 8 heteroatoms. The maximum Gasteiger partial charge on any atom is 0.0146 e. The summed E-state index contributed by atoms with van der Waals surface area (Å²) in [5.74, 6) is 0.596. The third-order valence-corrected chi connectivity index (χ3v) is 9.70. The second-order valence-corrected chi connectivity index (χ2v) is 17.5. The number of aryl methyl sites for hydroxylation is 7. The van der Waals surface area contributed by atoms with Gasteiger partial charge in [0.2, 0.25) is 0 Å². The molecule has 242 valence electrons. The quantitative estimate of drug-likeness (QED) is 0.0888. The van der Waals surface area contributed by atoms with Gasteiger partial charge in [0, 0.05) is 24.5 Å². The van der Waals surface area contributed by atoms with Gasteiger partial charge >= 0.3 is 143 Å². The van der Waals surface area contributed by atoms with E-state index in [1.54, 1.807) is 17.8 Å². The Morgan fingerprint density at radius 1 is 0.778 bits per heavy atom. The van der Waals surface area contributed by atoms with Crippen molar-refractivity contribution in [2.45, 2.75) is 55.0 Å². The maximum atomic E-state index is 13.4. The van der Waals surface area contributed by atoms with Gasteiger partial charge in [-0.2, -0.15) is 6.67 Å². The molecule has 0 radical (unpaired) electrons. The second kappa shape index (κ2) is 15.6. The SMILES string of the molecule is C[OH+]c1ccc(C)cc1NCc1ccc(F)cc1[CH]=[Ru]([Cl])[Cl].Cc1cc(C)c(N2[CH-]N(c3c(C)cc(C)cc3C)CC2)c(C)c1. The minimum atomic E-state index is -2.00. The fourth-order valence-corrected chi connectivity index (χ4v) is 8.03. The second-order valence-electron chi connectivity index (χ2n) is 11.7. The Labute approximate surface area is 281 Å². The molecule has 1 saturated heterocycles. The van der Waals surface area contributed by atoms with Crippen LogP contribution >= 0.6 is 19.4 Å². The van der Waals surface area contributed by atoms with Crippen LogP contribution in [0.1, 0.15) is 50.1 Å². The Morgan fingerprint density at radius 2 is 1.31 bits per heavy atom. The molecular weight excluding hydrogens is 693 g/mol. The van der Waals surface area contributed by atoms with Gasteiger partial charge in [-0.3, -0.25) is 0 Å². The fraction of sp³-hybridized carbons (Fsp3) is 0.297. The summed E-state index contributed by atoms with van der Waals surface area (Å²) in [4.78, 5) is 4.81. The van der Waals surface area contributed by atoms with Crippen molar-refractivity contribution in [1.29, 1.82) is 0 Å². The van der Waals surface area contributed by atoms with Crippen LogP contribution < -0.4 is 15.1 Å². The molecule has 1 aliphatic rings. The van der Waals surface area contributed by atoms with Crippen LogP contribution in [0.15, 0.2) is 60.7 Å². The molecule has 0 unspecified atom stereocenters. The number of nitrogens with zero attached hydrogens (tertiary/aromatic N) is 2.